The molecule has 150 valence electrons. The molecule has 0 spiro atoms. The molecule has 0 rings (SSSR count). The Morgan fingerprint density at radius 1 is 0.720 bits per heavy atom. The Bertz CT molecular complexity index is 278. The van der Waals surface area contributed by atoms with Crippen molar-refractivity contribution in [2.45, 2.75) is 129 Å². The van der Waals surface area contributed by atoms with Gasteiger partial charge in [-0.3, -0.25) is 4.79 Å². The van der Waals surface area contributed by atoms with E-state index in [1.165, 1.54) is 90.6 Å². The van der Waals surface area contributed by atoms with E-state index in [-0.39, 0.29) is 12.1 Å². The zero-order valence-corrected chi connectivity index (χ0v) is 17.1. The Balaban J connectivity index is 3.14. The van der Waals surface area contributed by atoms with Crippen LogP contribution in [0.2, 0.25) is 0 Å². The van der Waals surface area contributed by atoms with Gasteiger partial charge in [-0.25, -0.2) is 0 Å². The molecule has 3 heteroatoms. The molecule has 1 N–H and O–H groups in total. The summed E-state index contributed by atoms with van der Waals surface area (Å²) in [6.07, 6.45) is 21.3. The van der Waals surface area contributed by atoms with Crippen LogP contribution >= 0.6 is 0 Å². The molecule has 0 radical (unpaired) electrons. The van der Waals surface area contributed by atoms with Gasteiger partial charge in [-0.2, -0.15) is 0 Å². The molecule has 0 saturated heterocycles. The fourth-order valence-electron chi connectivity index (χ4n) is 3.29. The summed E-state index contributed by atoms with van der Waals surface area (Å²) in [5.74, 6) is -0.0818. The number of aliphatic hydroxyl groups excluding tert-OH is 1. The highest BCUT2D eigenvalue weighted by Gasteiger charge is 2.03. The quantitative estimate of drug-likeness (QED) is 0.210. The molecule has 0 aliphatic heterocycles. The maximum absolute atomic E-state index is 11.0. The summed E-state index contributed by atoms with van der Waals surface area (Å²) in [7, 11) is 1.46. The van der Waals surface area contributed by atoms with Gasteiger partial charge in [0.25, 0.3) is 0 Å². The summed E-state index contributed by atoms with van der Waals surface area (Å²) in [5, 5.41) is 9.97. The van der Waals surface area contributed by atoms with Crippen molar-refractivity contribution in [3.8, 4) is 0 Å². The third-order valence-electron chi connectivity index (χ3n) is 5.04. The second kappa shape index (κ2) is 19.8. The van der Waals surface area contributed by atoms with E-state index < -0.39 is 0 Å². The minimum absolute atomic E-state index is 0.0633. The minimum atomic E-state index is -0.0818. The van der Waals surface area contributed by atoms with Crippen LogP contribution in [0, 0.1) is 0 Å². The Kier molecular flexibility index (Phi) is 19.3. The largest absolute Gasteiger partial charge is 0.469 e. The van der Waals surface area contributed by atoms with Gasteiger partial charge in [0.1, 0.15) is 0 Å². The topological polar surface area (TPSA) is 46.5 Å². The maximum Gasteiger partial charge on any atom is 0.305 e. The average molecular weight is 357 g/mol. The van der Waals surface area contributed by atoms with Gasteiger partial charge in [0.15, 0.2) is 0 Å². The van der Waals surface area contributed by atoms with Gasteiger partial charge in [-0.15, -0.1) is 0 Å². The zero-order valence-electron chi connectivity index (χ0n) is 17.1. The number of ether oxygens (including phenoxy) is 1. The number of esters is 1. The number of hydrogen-bond donors (Lipinski definition) is 1. The molecule has 3 nitrogen and oxygen atoms in total. The van der Waals surface area contributed by atoms with Gasteiger partial charge in [0.05, 0.1) is 13.2 Å². The van der Waals surface area contributed by atoms with E-state index in [2.05, 4.69) is 11.7 Å². The van der Waals surface area contributed by atoms with Crippen LogP contribution in [0.25, 0.3) is 0 Å². The van der Waals surface area contributed by atoms with Crippen LogP contribution in [-0.2, 0) is 9.53 Å². The lowest BCUT2D eigenvalue weighted by Crippen LogP contribution is -2.05. The highest BCUT2D eigenvalue weighted by Crippen LogP contribution is 2.15. The smallest absolute Gasteiger partial charge is 0.305 e. The third-order valence-corrected chi connectivity index (χ3v) is 5.04. The predicted octanol–water partition coefficient (Wildman–Crippen LogP) is 6.56. The van der Waals surface area contributed by atoms with Crippen molar-refractivity contribution in [2.75, 3.05) is 7.11 Å². The Labute approximate surface area is 156 Å². The first-order chi connectivity index (χ1) is 12.2. The first-order valence-electron chi connectivity index (χ1n) is 11.0. The maximum atomic E-state index is 11.0. The van der Waals surface area contributed by atoms with E-state index in [1.54, 1.807) is 0 Å². The Hall–Kier alpha value is -0.570. The van der Waals surface area contributed by atoms with Crippen molar-refractivity contribution in [1.29, 1.82) is 0 Å². The lowest BCUT2D eigenvalue weighted by atomic mass is 10.0. The molecule has 0 aliphatic carbocycles. The molecule has 0 aromatic carbocycles. The summed E-state index contributed by atoms with van der Waals surface area (Å²) < 4.78 is 4.64. The van der Waals surface area contributed by atoms with Crippen LogP contribution in [0.4, 0.5) is 0 Å². The number of carbonyl (C=O) groups is 1. The van der Waals surface area contributed by atoms with Crippen LogP contribution in [-0.4, -0.2) is 24.3 Å². The zero-order chi connectivity index (χ0) is 18.6. The molecule has 1 unspecified atom stereocenters. The van der Waals surface area contributed by atoms with Crippen molar-refractivity contribution in [3.05, 3.63) is 0 Å². The van der Waals surface area contributed by atoms with Crippen LogP contribution < -0.4 is 0 Å². The van der Waals surface area contributed by atoms with E-state index in [0.29, 0.717) is 6.42 Å². The highest BCUT2D eigenvalue weighted by molar-refractivity contribution is 5.68. The van der Waals surface area contributed by atoms with Gasteiger partial charge in [0.2, 0.25) is 0 Å². The van der Waals surface area contributed by atoms with Gasteiger partial charge >= 0.3 is 5.97 Å². The van der Waals surface area contributed by atoms with Crippen molar-refractivity contribution >= 4 is 5.97 Å². The predicted molar refractivity (Wildman–Crippen MR) is 107 cm³/mol. The molecule has 0 aliphatic rings. The normalized spacial score (nSPS) is 12.3. The Morgan fingerprint density at radius 2 is 1.12 bits per heavy atom. The molecular formula is C22H44O3. The second-order valence-electron chi connectivity index (χ2n) is 7.51. The molecule has 0 bridgehead atoms. The van der Waals surface area contributed by atoms with Crippen LogP contribution in [0.5, 0.6) is 0 Å². The standard InChI is InChI=1S/C22H44O3/c1-3-4-5-12-15-18-21(23)19-16-13-10-8-6-7-9-11-14-17-20-22(24)25-2/h21,23H,3-20H2,1-2H3. The molecule has 0 saturated carbocycles. The van der Waals surface area contributed by atoms with Crippen molar-refractivity contribution in [2.24, 2.45) is 0 Å². The second-order valence-corrected chi connectivity index (χ2v) is 7.51. The van der Waals surface area contributed by atoms with Crippen LogP contribution in [0.3, 0.4) is 0 Å². The van der Waals surface area contributed by atoms with Gasteiger partial charge < -0.3 is 9.84 Å². The van der Waals surface area contributed by atoms with Crippen molar-refractivity contribution in [1.82, 2.24) is 0 Å². The molecule has 0 heterocycles. The molecule has 0 amide bonds. The summed E-state index contributed by atoms with van der Waals surface area (Å²) in [4.78, 5) is 11.0. The third kappa shape index (κ3) is 19.6. The molecular weight excluding hydrogens is 312 g/mol. The van der Waals surface area contributed by atoms with E-state index in [9.17, 15) is 9.90 Å². The average Bonchev–Trinajstić information content (AvgIpc) is 2.62. The number of aliphatic hydroxyl groups is 1. The number of hydrogen-bond acceptors (Lipinski definition) is 3. The summed E-state index contributed by atoms with van der Waals surface area (Å²) in [6, 6.07) is 0. The summed E-state index contributed by atoms with van der Waals surface area (Å²) in [6.45, 7) is 2.24. The molecule has 0 aromatic heterocycles. The number of carbonyl (C=O) groups excluding carboxylic acids is 1. The van der Waals surface area contributed by atoms with Crippen LogP contribution in [0.15, 0.2) is 0 Å². The van der Waals surface area contributed by atoms with E-state index in [1.807, 2.05) is 0 Å². The van der Waals surface area contributed by atoms with Crippen molar-refractivity contribution < 1.29 is 14.6 Å². The van der Waals surface area contributed by atoms with E-state index >= 15 is 0 Å². The lowest BCUT2D eigenvalue weighted by Gasteiger charge is -2.10. The first-order valence-corrected chi connectivity index (χ1v) is 11.0. The molecule has 1 atom stereocenters. The summed E-state index contributed by atoms with van der Waals surface area (Å²) >= 11 is 0. The van der Waals surface area contributed by atoms with Gasteiger partial charge in [-0.1, -0.05) is 96.8 Å². The van der Waals surface area contributed by atoms with Gasteiger partial charge in [-0.05, 0) is 19.3 Å². The number of methoxy groups -OCH3 is 1. The monoisotopic (exact) mass is 356 g/mol. The fourth-order valence-corrected chi connectivity index (χ4v) is 3.29. The van der Waals surface area contributed by atoms with Crippen molar-refractivity contribution in [3.63, 3.8) is 0 Å². The molecule has 25 heavy (non-hydrogen) atoms. The Morgan fingerprint density at radius 3 is 1.56 bits per heavy atom. The van der Waals surface area contributed by atoms with E-state index in [0.717, 1.165) is 25.7 Å². The van der Waals surface area contributed by atoms with Crippen LogP contribution in [0.1, 0.15) is 122 Å². The lowest BCUT2D eigenvalue weighted by molar-refractivity contribution is -0.140. The number of unbranched alkanes of at least 4 members (excludes halogenated alkanes) is 13. The van der Waals surface area contributed by atoms with Gasteiger partial charge in [0, 0.05) is 6.42 Å². The fraction of sp³-hybridized carbons (Fsp3) is 0.955. The molecule has 0 fully saturated rings. The highest BCUT2D eigenvalue weighted by atomic mass is 16.5. The number of rotatable bonds is 19. The van der Waals surface area contributed by atoms with E-state index in [4.69, 9.17) is 0 Å². The minimum Gasteiger partial charge on any atom is -0.469 e. The summed E-state index contributed by atoms with van der Waals surface area (Å²) in [5.41, 5.74) is 0. The molecule has 0 aromatic rings. The SMILES string of the molecule is CCCCCCCC(O)CCCCCCCCCCCCC(=O)OC. The first kappa shape index (κ1) is 24.4.